The van der Waals surface area contributed by atoms with E-state index in [2.05, 4.69) is 34.3 Å². The van der Waals surface area contributed by atoms with Crippen LogP contribution in [0.4, 0.5) is 4.39 Å². The normalized spacial score (nSPS) is 19.1. The third-order valence-electron chi connectivity index (χ3n) is 7.60. The Morgan fingerprint density at radius 1 is 1.19 bits per heavy atom. The number of carbonyl (C=O) groups excluding carboxylic acids is 1. The number of carbonyl (C=O) groups is 1. The van der Waals surface area contributed by atoms with Crippen molar-refractivity contribution >= 4 is 18.3 Å². The highest BCUT2D eigenvalue weighted by Crippen LogP contribution is 2.45. The molecule has 2 aliphatic heterocycles. The monoisotopic (exact) mass is 529 g/mol. The summed E-state index contributed by atoms with van der Waals surface area (Å²) in [6.45, 7) is 7.13. The largest absolute Gasteiger partial charge is 0.377 e. The molecule has 0 unspecified atom stereocenters. The zero-order valence-corrected chi connectivity index (χ0v) is 22.1. The van der Waals surface area contributed by atoms with E-state index in [0.29, 0.717) is 47.4 Å². The molecule has 10 heteroatoms. The molecule has 1 aromatic carbocycles. The summed E-state index contributed by atoms with van der Waals surface area (Å²) in [5.74, 6) is 1.32. The Morgan fingerprint density at radius 3 is 2.43 bits per heavy atom. The fourth-order valence-corrected chi connectivity index (χ4v) is 5.11. The third-order valence-corrected chi connectivity index (χ3v) is 7.60. The third kappa shape index (κ3) is 4.87. The van der Waals surface area contributed by atoms with Gasteiger partial charge in [0, 0.05) is 62.5 Å². The molecule has 2 fully saturated rings. The van der Waals surface area contributed by atoms with Crippen LogP contribution in [-0.4, -0.2) is 62.9 Å². The van der Waals surface area contributed by atoms with Crippen LogP contribution in [-0.2, 0) is 10.4 Å². The molecule has 1 atom stereocenters. The van der Waals surface area contributed by atoms with Gasteiger partial charge in [0.2, 0.25) is 17.6 Å². The van der Waals surface area contributed by atoms with Crippen molar-refractivity contribution in [1.29, 1.82) is 0 Å². The number of pyridine rings is 1. The second-order valence-corrected chi connectivity index (χ2v) is 10.3. The number of likely N-dealkylation sites (tertiary alicyclic amines) is 1. The van der Waals surface area contributed by atoms with Crippen LogP contribution in [0.25, 0.3) is 11.4 Å². The minimum atomic E-state index is -1.90. The number of alkyl halides is 1. The van der Waals surface area contributed by atoms with Crippen LogP contribution in [0.3, 0.4) is 0 Å². The quantitative estimate of drug-likeness (QED) is 0.498. The molecule has 3 aromatic rings. The number of nitrogens with zero attached hydrogens (tertiary/aromatic N) is 4. The summed E-state index contributed by atoms with van der Waals surface area (Å²) in [6, 6.07) is 9.14. The van der Waals surface area contributed by atoms with E-state index in [1.54, 1.807) is 31.3 Å². The first-order valence-corrected chi connectivity index (χ1v) is 12.5. The summed E-state index contributed by atoms with van der Waals surface area (Å²) in [4.78, 5) is 22.3. The first-order valence-electron chi connectivity index (χ1n) is 12.5. The molecule has 0 spiro atoms. The maximum Gasteiger partial charge on any atom is 0.230 e. The zero-order valence-electron chi connectivity index (χ0n) is 21.3. The van der Waals surface area contributed by atoms with Crippen LogP contribution in [0, 0.1) is 0 Å². The minimum Gasteiger partial charge on any atom is -0.377 e. The molecule has 37 heavy (non-hydrogen) atoms. The smallest absolute Gasteiger partial charge is 0.230 e. The van der Waals surface area contributed by atoms with Crippen molar-refractivity contribution in [3.8, 4) is 11.4 Å². The predicted molar refractivity (Wildman–Crippen MR) is 139 cm³/mol. The van der Waals surface area contributed by atoms with Crippen molar-refractivity contribution in [2.45, 2.75) is 56.7 Å². The summed E-state index contributed by atoms with van der Waals surface area (Å²) in [5.41, 5.74) is -1.33. The van der Waals surface area contributed by atoms with Crippen LogP contribution in [0.5, 0.6) is 0 Å². The number of piperidine rings is 1. The van der Waals surface area contributed by atoms with Crippen LogP contribution < -0.4 is 5.32 Å². The van der Waals surface area contributed by atoms with Gasteiger partial charge in [0.25, 0.3) is 0 Å². The lowest BCUT2D eigenvalue weighted by Crippen LogP contribution is -2.68. The van der Waals surface area contributed by atoms with Crippen LogP contribution in [0.2, 0.25) is 0 Å². The molecule has 0 aliphatic carbocycles. The van der Waals surface area contributed by atoms with Gasteiger partial charge in [0.05, 0.1) is 0 Å². The van der Waals surface area contributed by atoms with Crippen molar-refractivity contribution in [2.24, 2.45) is 0 Å². The average molecular weight is 530 g/mol. The molecule has 0 bridgehead atoms. The molecule has 198 valence electrons. The number of halogens is 2. The molecule has 4 heterocycles. The highest BCUT2D eigenvalue weighted by atomic mass is 35.5. The lowest BCUT2D eigenvalue weighted by atomic mass is 9.71. The SMILES string of the molecule is CC(=O)N1CCC(c2nc(-c3cncc([C@@](O)(c4ccc(C(C)C)cc4)C4(F)CNC4)c3)no2)CC1.Cl. The Bertz CT molecular complexity index is 1240. The fourth-order valence-electron chi connectivity index (χ4n) is 5.11. The van der Waals surface area contributed by atoms with E-state index < -0.39 is 11.3 Å². The van der Waals surface area contributed by atoms with E-state index in [4.69, 9.17) is 4.52 Å². The Labute approximate surface area is 222 Å². The lowest BCUT2D eigenvalue weighted by Gasteiger charge is -2.48. The summed E-state index contributed by atoms with van der Waals surface area (Å²) >= 11 is 0. The number of amides is 1. The van der Waals surface area contributed by atoms with Gasteiger partial charge in [-0.1, -0.05) is 43.3 Å². The molecule has 2 N–H and O–H groups in total. The number of aliphatic hydroxyl groups is 1. The topological polar surface area (TPSA) is 104 Å². The van der Waals surface area contributed by atoms with Gasteiger partial charge in [-0.2, -0.15) is 4.98 Å². The van der Waals surface area contributed by atoms with E-state index >= 15 is 4.39 Å². The molecule has 0 saturated carbocycles. The highest BCUT2D eigenvalue weighted by Gasteiger charge is 2.57. The number of hydrogen-bond donors (Lipinski definition) is 2. The Balaban J connectivity index is 0.00000320. The predicted octanol–water partition coefficient (Wildman–Crippen LogP) is 3.95. The van der Waals surface area contributed by atoms with E-state index in [-0.39, 0.29) is 37.3 Å². The van der Waals surface area contributed by atoms with Gasteiger partial charge < -0.3 is 19.8 Å². The molecule has 1 amide bonds. The summed E-state index contributed by atoms with van der Waals surface area (Å²) < 4.78 is 21.6. The van der Waals surface area contributed by atoms with Gasteiger partial charge in [-0.15, -0.1) is 12.4 Å². The summed E-state index contributed by atoms with van der Waals surface area (Å²) in [7, 11) is 0. The second kappa shape index (κ2) is 10.5. The Kier molecular flexibility index (Phi) is 7.69. The summed E-state index contributed by atoms with van der Waals surface area (Å²) in [6.07, 6.45) is 4.59. The number of hydrogen-bond acceptors (Lipinski definition) is 7. The van der Waals surface area contributed by atoms with Crippen molar-refractivity contribution in [1.82, 2.24) is 25.3 Å². The van der Waals surface area contributed by atoms with Gasteiger partial charge in [0.15, 0.2) is 11.3 Å². The maximum absolute atomic E-state index is 16.0. The van der Waals surface area contributed by atoms with Crippen molar-refractivity contribution in [2.75, 3.05) is 26.2 Å². The highest BCUT2D eigenvalue weighted by molar-refractivity contribution is 5.85. The van der Waals surface area contributed by atoms with Gasteiger partial charge in [-0.25, -0.2) is 4.39 Å². The van der Waals surface area contributed by atoms with E-state index in [1.165, 1.54) is 6.20 Å². The van der Waals surface area contributed by atoms with E-state index in [9.17, 15) is 9.90 Å². The van der Waals surface area contributed by atoms with Gasteiger partial charge in [0.1, 0.15) is 0 Å². The van der Waals surface area contributed by atoms with Gasteiger partial charge in [-0.3, -0.25) is 9.78 Å². The van der Waals surface area contributed by atoms with Crippen molar-refractivity contribution in [3.63, 3.8) is 0 Å². The number of benzene rings is 1. The molecule has 2 saturated heterocycles. The van der Waals surface area contributed by atoms with Gasteiger partial charge in [-0.05, 0) is 36.0 Å². The summed E-state index contributed by atoms with van der Waals surface area (Å²) in [5, 5.41) is 19.1. The molecule has 2 aliphatic rings. The first-order chi connectivity index (χ1) is 17.2. The van der Waals surface area contributed by atoms with E-state index in [1.807, 2.05) is 17.0 Å². The second-order valence-electron chi connectivity index (χ2n) is 10.3. The minimum absolute atomic E-state index is 0. The fraction of sp³-hybridized carbons (Fsp3) is 0.481. The molecular formula is C27H33ClFN5O3. The van der Waals surface area contributed by atoms with Crippen LogP contribution >= 0.6 is 12.4 Å². The van der Waals surface area contributed by atoms with Gasteiger partial charge >= 0.3 is 0 Å². The number of rotatable bonds is 6. The standard InChI is InChI=1S/C27H32FN5O3.ClH/c1-17(2)19-4-6-22(7-5-19)27(35,26(28)15-30-16-26)23-12-21(13-29-14-23)24-31-25(36-32-24)20-8-10-33(11-9-20)18(3)34;/h4-7,12-14,17,20,30,35H,8-11,15-16H2,1-3H3;1H/t27-;/m0./s1. The Hall–Kier alpha value is -2.88. The maximum atomic E-state index is 16.0. The van der Waals surface area contributed by atoms with E-state index in [0.717, 1.165) is 18.4 Å². The molecular weight excluding hydrogens is 497 g/mol. The number of nitrogens with one attached hydrogen (secondary N) is 1. The van der Waals surface area contributed by atoms with Crippen LogP contribution in [0.15, 0.2) is 47.2 Å². The lowest BCUT2D eigenvalue weighted by molar-refractivity contribution is -0.129. The van der Waals surface area contributed by atoms with Crippen molar-refractivity contribution in [3.05, 3.63) is 65.3 Å². The Morgan fingerprint density at radius 2 is 1.86 bits per heavy atom. The van der Waals surface area contributed by atoms with Crippen LogP contribution in [0.1, 0.15) is 68.0 Å². The first kappa shape index (κ1) is 27.2. The average Bonchev–Trinajstić information content (AvgIpc) is 3.37. The zero-order chi connectivity index (χ0) is 25.5. The molecule has 0 radical (unpaired) electrons. The van der Waals surface area contributed by atoms with Crippen molar-refractivity contribution < 1.29 is 18.8 Å². The molecule has 2 aromatic heterocycles. The molecule has 5 rings (SSSR count). The number of aromatic nitrogens is 3. The molecule has 8 nitrogen and oxygen atoms in total.